The van der Waals surface area contributed by atoms with Crippen LogP contribution in [0.2, 0.25) is 0 Å². The van der Waals surface area contributed by atoms with Gasteiger partial charge in [0.1, 0.15) is 6.61 Å². The maximum absolute atomic E-state index is 11.6. The molecule has 1 amide bonds. The summed E-state index contributed by atoms with van der Waals surface area (Å²) in [6.45, 7) is 2.01. The summed E-state index contributed by atoms with van der Waals surface area (Å²) in [4.78, 5) is 16.0. The molecule has 0 unspecified atom stereocenters. The SMILES string of the molecule is COCC(=O)Nc1cccc(-c2nc(-c3cccc(C)c3)no2)c1. The Balaban J connectivity index is 1.84. The second-order valence-corrected chi connectivity index (χ2v) is 5.35. The van der Waals surface area contributed by atoms with E-state index < -0.39 is 0 Å². The summed E-state index contributed by atoms with van der Waals surface area (Å²) < 4.78 is 10.2. The third-order valence-electron chi connectivity index (χ3n) is 3.37. The monoisotopic (exact) mass is 323 g/mol. The van der Waals surface area contributed by atoms with Gasteiger partial charge in [-0.3, -0.25) is 4.79 Å². The molecule has 1 N–H and O–H groups in total. The number of nitrogens with one attached hydrogen (secondary N) is 1. The number of anilines is 1. The van der Waals surface area contributed by atoms with Crippen LogP contribution in [-0.2, 0) is 9.53 Å². The molecule has 0 aliphatic carbocycles. The summed E-state index contributed by atoms with van der Waals surface area (Å²) in [5, 5.41) is 6.78. The smallest absolute Gasteiger partial charge is 0.258 e. The van der Waals surface area contributed by atoms with Gasteiger partial charge in [0.15, 0.2) is 0 Å². The number of methoxy groups -OCH3 is 1. The molecule has 0 radical (unpaired) electrons. The van der Waals surface area contributed by atoms with Gasteiger partial charge in [-0.2, -0.15) is 4.98 Å². The zero-order chi connectivity index (χ0) is 16.9. The molecule has 1 heterocycles. The number of aromatic nitrogens is 2. The molecule has 6 heteroatoms. The van der Waals surface area contributed by atoms with E-state index in [-0.39, 0.29) is 12.5 Å². The molecule has 0 saturated heterocycles. The number of hydrogen-bond acceptors (Lipinski definition) is 5. The van der Waals surface area contributed by atoms with Gasteiger partial charge in [-0.1, -0.05) is 35.0 Å². The molecule has 3 rings (SSSR count). The van der Waals surface area contributed by atoms with Crippen LogP contribution < -0.4 is 5.32 Å². The van der Waals surface area contributed by atoms with Gasteiger partial charge < -0.3 is 14.6 Å². The lowest BCUT2D eigenvalue weighted by molar-refractivity contribution is -0.119. The van der Waals surface area contributed by atoms with E-state index in [4.69, 9.17) is 9.26 Å². The maximum atomic E-state index is 11.6. The summed E-state index contributed by atoms with van der Waals surface area (Å²) in [7, 11) is 1.47. The van der Waals surface area contributed by atoms with Crippen LogP contribution in [0.15, 0.2) is 53.1 Å². The lowest BCUT2D eigenvalue weighted by atomic mass is 10.1. The molecule has 2 aromatic carbocycles. The molecule has 0 aliphatic heterocycles. The highest BCUT2D eigenvalue weighted by Crippen LogP contribution is 2.24. The fourth-order valence-electron chi connectivity index (χ4n) is 2.30. The van der Waals surface area contributed by atoms with Crippen LogP contribution in [0.3, 0.4) is 0 Å². The molecular weight excluding hydrogens is 306 g/mol. The molecule has 0 spiro atoms. The molecule has 6 nitrogen and oxygen atoms in total. The van der Waals surface area contributed by atoms with E-state index in [1.165, 1.54) is 7.11 Å². The van der Waals surface area contributed by atoms with Crippen molar-refractivity contribution in [2.45, 2.75) is 6.92 Å². The largest absolute Gasteiger partial charge is 0.375 e. The first-order chi connectivity index (χ1) is 11.7. The number of ether oxygens (including phenoxy) is 1. The van der Waals surface area contributed by atoms with Crippen molar-refractivity contribution in [2.75, 3.05) is 19.0 Å². The van der Waals surface area contributed by atoms with Crippen LogP contribution >= 0.6 is 0 Å². The Hall–Kier alpha value is -2.99. The van der Waals surface area contributed by atoms with Gasteiger partial charge in [0.25, 0.3) is 5.89 Å². The molecular formula is C18H17N3O3. The predicted molar refractivity (Wildman–Crippen MR) is 90.4 cm³/mol. The average Bonchev–Trinajstić information content (AvgIpc) is 3.05. The number of benzene rings is 2. The highest BCUT2D eigenvalue weighted by molar-refractivity contribution is 5.92. The van der Waals surface area contributed by atoms with E-state index in [1.54, 1.807) is 12.1 Å². The van der Waals surface area contributed by atoms with E-state index in [0.29, 0.717) is 17.4 Å². The van der Waals surface area contributed by atoms with Crippen molar-refractivity contribution in [3.8, 4) is 22.8 Å². The highest BCUT2D eigenvalue weighted by atomic mass is 16.5. The Morgan fingerprint density at radius 1 is 1.17 bits per heavy atom. The van der Waals surface area contributed by atoms with Crippen molar-refractivity contribution in [2.24, 2.45) is 0 Å². The normalized spacial score (nSPS) is 10.6. The Labute approximate surface area is 139 Å². The van der Waals surface area contributed by atoms with Gasteiger partial charge in [0.2, 0.25) is 11.7 Å². The molecule has 0 aliphatic rings. The fourth-order valence-corrected chi connectivity index (χ4v) is 2.30. The van der Waals surface area contributed by atoms with Crippen LogP contribution in [0.5, 0.6) is 0 Å². The quantitative estimate of drug-likeness (QED) is 0.779. The molecule has 3 aromatic rings. The molecule has 0 fully saturated rings. The van der Waals surface area contributed by atoms with Crippen LogP contribution in [0.25, 0.3) is 22.8 Å². The Bertz CT molecular complexity index is 858. The lowest BCUT2D eigenvalue weighted by Gasteiger charge is -2.05. The number of hydrogen-bond donors (Lipinski definition) is 1. The van der Waals surface area contributed by atoms with Gasteiger partial charge in [0, 0.05) is 23.9 Å². The first-order valence-corrected chi connectivity index (χ1v) is 7.45. The van der Waals surface area contributed by atoms with Crippen LogP contribution in [0, 0.1) is 6.92 Å². The summed E-state index contributed by atoms with van der Waals surface area (Å²) in [6, 6.07) is 15.1. The second-order valence-electron chi connectivity index (χ2n) is 5.35. The highest BCUT2D eigenvalue weighted by Gasteiger charge is 2.11. The van der Waals surface area contributed by atoms with Crippen molar-refractivity contribution in [3.63, 3.8) is 0 Å². The second kappa shape index (κ2) is 7.06. The molecule has 0 atom stereocenters. The number of carbonyl (C=O) groups excluding carboxylic acids is 1. The maximum Gasteiger partial charge on any atom is 0.258 e. The number of rotatable bonds is 5. The minimum Gasteiger partial charge on any atom is -0.375 e. The Morgan fingerprint density at radius 3 is 2.75 bits per heavy atom. The Morgan fingerprint density at radius 2 is 1.96 bits per heavy atom. The minimum atomic E-state index is -0.222. The fraction of sp³-hybridized carbons (Fsp3) is 0.167. The van der Waals surface area contributed by atoms with Crippen LogP contribution in [0.1, 0.15) is 5.56 Å². The number of amides is 1. The zero-order valence-corrected chi connectivity index (χ0v) is 13.4. The van der Waals surface area contributed by atoms with Gasteiger partial charge in [-0.05, 0) is 31.2 Å². The van der Waals surface area contributed by atoms with Gasteiger partial charge in [-0.25, -0.2) is 0 Å². The Kier molecular flexibility index (Phi) is 4.67. The van der Waals surface area contributed by atoms with E-state index in [2.05, 4.69) is 15.5 Å². The van der Waals surface area contributed by atoms with Gasteiger partial charge in [0.05, 0.1) is 0 Å². The minimum absolute atomic E-state index is 0.00227. The number of aryl methyl sites for hydroxylation is 1. The van der Waals surface area contributed by atoms with E-state index >= 15 is 0 Å². The van der Waals surface area contributed by atoms with E-state index in [9.17, 15) is 4.79 Å². The van der Waals surface area contributed by atoms with Gasteiger partial charge in [-0.15, -0.1) is 0 Å². The van der Waals surface area contributed by atoms with E-state index in [0.717, 1.165) is 16.7 Å². The molecule has 0 bridgehead atoms. The third-order valence-corrected chi connectivity index (χ3v) is 3.37. The molecule has 0 saturated carbocycles. The third kappa shape index (κ3) is 3.67. The van der Waals surface area contributed by atoms with Crippen molar-refractivity contribution >= 4 is 11.6 Å². The predicted octanol–water partition coefficient (Wildman–Crippen LogP) is 3.30. The average molecular weight is 323 g/mol. The van der Waals surface area contributed by atoms with Crippen LogP contribution in [-0.4, -0.2) is 29.8 Å². The van der Waals surface area contributed by atoms with Crippen molar-refractivity contribution in [3.05, 3.63) is 54.1 Å². The number of nitrogens with zero attached hydrogens (tertiary/aromatic N) is 2. The van der Waals surface area contributed by atoms with E-state index in [1.807, 2.05) is 43.3 Å². The molecule has 122 valence electrons. The lowest BCUT2D eigenvalue weighted by Crippen LogP contribution is -2.16. The van der Waals surface area contributed by atoms with Crippen molar-refractivity contribution in [1.29, 1.82) is 0 Å². The summed E-state index contributed by atoms with van der Waals surface area (Å²) in [5.74, 6) is 0.706. The summed E-state index contributed by atoms with van der Waals surface area (Å²) in [6.07, 6.45) is 0. The first kappa shape index (κ1) is 15.9. The summed E-state index contributed by atoms with van der Waals surface area (Å²) in [5.41, 5.74) is 3.40. The molecule has 24 heavy (non-hydrogen) atoms. The summed E-state index contributed by atoms with van der Waals surface area (Å²) >= 11 is 0. The topological polar surface area (TPSA) is 77.2 Å². The molecule has 1 aromatic heterocycles. The zero-order valence-electron chi connectivity index (χ0n) is 13.4. The van der Waals surface area contributed by atoms with Gasteiger partial charge >= 0.3 is 0 Å². The van der Waals surface area contributed by atoms with Crippen molar-refractivity contribution in [1.82, 2.24) is 10.1 Å². The van der Waals surface area contributed by atoms with Crippen LogP contribution in [0.4, 0.5) is 5.69 Å². The van der Waals surface area contributed by atoms with Crippen molar-refractivity contribution < 1.29 is 14.1 Å². The number of carbonyl (C=O) groups is 1. The first-order valence-electron chi connectivity index (χ1n) is 7.45. The standard InChI is InChI=1S/C18H17N3O3/c1-12-5-3-6-13(9-12)17-20-18(24-21-17)14-7-4-8-15(10-14)19-16(22)11-23-2/h3-10H,11H2,1-2H3,(H,19,22).